The zero-order chi connectivity index (χ0) is 13.9. The van der Waals surface area contributed by atoms with E-state index in [2.05, 4.69) is 10.3 Å². The van der Waals surface area contributed by atoms with Gasteiger partial charge in [0.2, 0.25) is 0 Å². The molecule has 1 fully saturated rings. The summed E-state index contributed by atoms with van der Waals surface area (Å²) in [5, 5.41) is 19.2. The van der Waals surface area contributed by atoms with Crippen molar-refractivity contribution in [2.24, 2.45) is 0 Å². The number of hydrogen-bond donors (Lipinski definition) is 2. The average molecular weight is 308 g/mol. The van der Waals surface area contributed by atoms with Gasteiger partial charge in [-0.3, -0.25) is 4.79 Å². The summed E-state index contributed by atoms with van der Waals surface area (Å²) in [4.78, 5) is 16.5. The molecule has 1 amide bonds. The van der Waals surface area contributed by atoms with Gasteiger partial charge in [0.1, 0.15) is 10.7 Å². The second kappa shape index (κ2) is 6.03. The second-order valence-electron chi connectivity index (χ2n) is 5.03. The Balaban J connectivity index is 1.63. The van der Waals surface area contributed by atoms with E-state index in [0.717, 1.165) is 36.3 Å². The van der Waals surface area contributed by atoms with Crippen LogP contribution in [-0.4, -0.2) is 28.1 Å². The highest BCUT2D eigenvalue weighted by Crippen LogP contribution is 2.26. The fourth-order valence-electron chi connectivity index (χ4n) is 2.38. The quantitative estimate of drug-likeness (QED) is 0.916. The van der Waals surface area contributed by atoms with Crippen LogP contribution in [0.5, 0.6) is 0 Å². The Morgan fingerprint density at radius 1 is 1.30 bits per heavy atom. The van der Waals surface area contributed by atoms with Gasteiger partial charge in [-0.15, -0.1) is 11.3 Å². The highest BCUT2D eigenvalue weighted by atomic mass is 32.1. The van der Waals surface area contributed by atoms with Crippen LogP contribution >= 0.6 is 22.7 Å². The molecule has 2 aromatic heterocycles. The third-order valence-corrected chi connectivity index (χ3v) is 5.11. The van der Waals surface area contributed by atoms with Gasteiger partial charge in [0.25, 0.3) is 5.91 Å². The van der Waals surface area contributed by atoms with Gasteiger partial charge >= 0.3 is 0 Å². The lowest BCUT2D eigenvalue weighted by Crippen LogP contribution is -2.38. The van der Waals surface area contributed by atoms with E-state index in [9.17, 15) is 9.90 Å². The molecule has 1 aliphatic rings. The number of nitrogens with one attached hydrogen (secondary N) is 1. The number of hydrogen-bond acceptors (Lipinski definition) is 5. The van der Waals surface area contributed by atoms with Gasteiger partial charge in [-0.25, -0.2) is 4.98 Å². The van der Waals surface area contributed by atoms with E-state index in [1.54, 1.807) is 16.7 Å². The van der Waals surface area contributed by atoms with Crippen LogP contribution in [0.25, 0.3) is 10.6 Å². The lowest BCUT2D eigenvalue weighted by molar-refractivity contribution is 0.0864. The summed E-state index contributed by atoms with van der Waals surface area (Å²) in [7, 11) is 0. The standard InChI is InChI=1S/C14H16N2O2S2/c17-11-3-1-10(2-4-11)15-13(18)12-8-20-14(16-12)9-5-6-19-7-9/h5-8,10-11,17H,1-4H2,(H,15,18). The van der Waals surface area contributed by atoms with Gasteiger partial charge in [0.05, 0.1) is 6.10 Å². The summed E-state index contributed by atoms with van der Waals surface area (Å²) in [6.45, 7) is 0. The number of aromatic nitrogens is 1. The zero-order valence-corrected chi connectivity index (χ0v) is 12.5. The number of carbonyl (C=O) groups excluding carboxylic acids is 1. The summed E-state index contributed by atoms with van der Waals surface area (Å²) < 4.78 is 0. The van der Waals surface area contributed by atoms with Crippen LogP contribution in [-0.2, 0) is 0 Å². The SMILES string of the molecule is O=C(NC1CCC(O)CC1)c1csc(-c2ccsc2)n1. The molecule has 106 valence electrons. The van der Waals surface area contributed by atoms with Gasteiger partial charge in [-0.05, 0) is 37.1 Å². The Hall–Kier alpha value is -1.24. The van der Waals surface area contributed by atoms with Crippen molar-refractivity contribution in [2.45, 2.75) is 37.8 Å². The van der Waals surface area contributed by atoms with E-state index in [0.29, 0.717) is 5.69 Å². The third kappa shape index (κ3) is 3.08. The molecule has 2 aromatic rings. The minimum Gasteiger partial charge on any atom is -0.393 e. The van der Waals surface area contributed by atoms with E-state index < -0.39 is 0 Å². The number of thiophene rings is 1. The highest BCUT2D eigenvalue weighted by molar-refractivity contribution is 7.14. The number of amides is 1. The van der Waals surface area contributed by atoms with E-state index in [-0.39, 0.29) is 18.1 Å². The van der Waals surface area contributed by atoms with Crippen molar-refractivity contribution in [3.63, 3.8) is 0 Å². The Labute approximate surface area is 125 Å². The van der Waals surface area contributed by atoms with Crippen LogP contribution in [0.1, 0.15) is 36.2 Å². The number of carbonyl (C=O) groups is 1. The maximum absolute atomic E-state index is 12.2. The molecule has 0 aliphatic heterocycles. The number of aliphatic hydroxyl groups is 1. The summed E-state index contributed by atoms with van der Waals surface area (Å²) >= 11 is 3.12. The molecule has 4 nitrogen and oxygen atoms in total. The molecule has 0 aromatic carbocycles. The first-order valence-corrected chi connectivity index (χ1v) is 8.51. The molecule has 0 saturated heterocycles. The first kappa shape index (κ1) is 13.7. The van der Waals surface area contributed by atoms with Crippen molar-refractivity contribution in [1.29, 1.82) is 0 Å². The zero-order valence-electron chi connectivity index (χ0n) is 10.9. The maximum Gasteiger partial charge on any atom is 0.270 e. The summed E-state index contributed by atoms with van der Waals surface area (Å²) in [5.41, 5.74) is 1.56. The smallest absolute Gasteiger partial charge is 0.270 e. The topological polar surface area (TPSA) is 62.2 Å². The third-order valence-electron chi connectivity index (χ3n) is 3.54. The van der Waals surface area contributed by atoms with Gasteiger partial charge in [-0.1, -0.05) is 0 Å². The van der Waals surface area contributed by atoms with Crippen molar-refractivity contribution in [1.82, 2.24) is 10.3 Å². The molecule has 0 bridgehead atoms. The van der Waals surface area contributed by atoms with Gasteiger partial charge in [-0.2, -0.15) is 11.3 Å². The van der Waals surface area contributed by atoms with Crippen LogP contribution in [0.15, 0.2) is 22.2 Å². The molecule has 2 heterocycles. The fourth-order valence-corrected chi connectivity index (χ4v) is 3.89. The van der Waals surface area contributed by atoms with E-state index in [1.165, 1.54) is 11.3 Å². The molecule has 6 heteroatoms. The largest absolute Gasteiger partial charge is 0.393 e. The molecule has 1 aliphatic carbocycles. The monoisotopic (exact) mass is 308 g/mol. The molecular formula is C14H16N2O2S2. The van der Waals surface area contributed by atoms with Crippen LogP contribution in [0.3, 0.4) is 0 Å². The Bertz CT molecular complexity index is 572. The highest BCUT2D eigenvalue weighted by Gasteiger charge is 2.22. The molecule has 3 rings (SSSR count). The summed E-state index contributed by atoms with van der Waals surface area (Å²) in [6.07, 6.45) is 3.01. The molecule has 1 saturated carbocycles. The molecule has 0 spiro atoms. The molecular weight excluding hydrogens is 292 g/mol. The predicted molar refractivity (Wildman–Crippen MR) is 81.2 cm³/mol. The average Bonchev–Trinajstić information content (AvgIpc) is 3.11. The van der Waals surface area contributed by atoms with Crippen molar-refractivity contribution in [3.05, 3.63) is 27.9 Å². The van der Waals surface area contributed by atoms with Crippen LogP contribution in [0.2, 0.25) is 0 Å². The molecule has 2 N–H and O–H groups in total. The Morgan fingerprint density at radius 3 is 2.80 bits per heavy atom. The van der Waals surface area contributed by atoms with Crippen molar-refractivity contribution >= 4 is 28.6 Å². The van der Waals surface area contributed by atoms with Gasteiger partial charge in [0, 0.05) is 22.4 Å². The first-order valence-electron chi connectivity index (χ1n) is 6.69. The lowest BCUT2D eigenvalue weighted by Gasteiger charge is -2.25. The molecule has 20 heavy (non-hydrogen) atoms. The predicted octanol–water partition coefficient (Wildman–Crippen LogP) is 2.90. The molecule has 0 atom stereocenters. The van der Waals surface area contributed by atoms with Crippen molar-refractivity contribution in [2.75, 3.05) is 0 Å². The Kier molecular flexibility index (Phi) is 4.14. The first-order chi connectivity index (χ1) is 9.72. The summed E-state index contributed by atoms with van der Waals surface area (Å²) in [6, 6.07) is 2.17. The number of aliphatic hydroxyl groups excluding tert-OH is 1. The van der Waals surface area contributed by atoms with E-state index in [4.69, 9.17) is 0 Å². The lowest BCUT2D eigenvalue weighted by atomic mass is 9.93. The second-order valence-corrected chi connectivity index (χ2v) is 6.67. The van der Waals surface area contributed by atoms with Gasteiger partial charge < -0.3 is 10.4 Å². The van der Waals surface area contributed by atoms with Gasteiger partial charge in [0.15, 0.2) is 0 Å². The van der Waals surface area contributed by atoms with Crippen molar-refractivity contribution < 1.29 is 9.90 Å². The number of thiazole rings is 1. The maximum atomic E-state index is 12.2. The van der Waals surface area contributed by atoms with E-state index in [1.807, 2.05) is 16.8 Å². The minimum absolute atomic E-state index is 0.107. The number of nitrogens with zero attached hydrogens (tertiary/aromatic N) is 1. The molecule has 0 radical (unpaired) electrons. The van der Waals surface area contributed by atoms with Crippen LogP contribution in [0, 0.1) is 0 Å². The Morgan fingerprint density at radius 2 is 2.10 bits per heavy atom. The normalized spacial score (nSPS) is 22.6. The van der Waals surface area contributed by atoms with Crippen LogP contribution in [0.4, 0.5) is 0 Å². The fraction of sp³-hybridized carbons (Fsp3) is 0.429. The number of rotatable bonds is 3. The molecule has 0 unspecified atom stereocenters. The van der Waals surface area contributed by atoms with E-state index >= 15 is 0 Å². The summed E-state index contributed by atoms with van der Waals surface area (Å²) in [5.74, 6) is -0.107. The van der Waals surface area contributed by atoms with Crippen molar-refractivity contribution in [3.8, 4) is 10.6 Å². The minimum atomic E-state index is -0.201. The van der Waals surface area contributed by atoms with Crippen LogP contribution < -0.4 is 5.32 Å².